The van der Waals surface area contributed by atoms with Crippen molar-refractivity contribution in [3.8, 4) is 0 Å². The van der Waals surface area contributed by atoms with Gasteiger partial charge in [0.25, 0.3) is 0 Å². The topological polar surface area (TPSA) is 31.5 Å². The van der Waals surface area contributed by atoms with Gasteiger partial charge in [-0.2, -0.15) is 0 Å². The second-order valence-electron chi connectivity index (χ2n) is 0. The Morgan fingerprint density at radius 1 is 1.00 bits per heavy atom. The van der Waals surface area contributed by atoms with E-state index in [1.807, 2.05) is 0 Å². The van der Waals surface area contributed by atoms with Crippen molar-refractivity contribution in [2.75, 3.05) is 0 Å². The van der Waals surface area contributed by atoms with Crippen LogP contribution in [0.15, 0.2) is 0 Å². The summed E-state index contributed by atoms with van der Waals surface area (Å²) in [5, 5.41) is 0. The molecular formula is H5CeMgNaO. The van der Waals surface area contributed by atoms with E-state index in [1.54, 1.807) is 0 Å². The van der Waals surface area contributed by atoms with E-state index in [9.17, 15) is 0 Å². The van der Waals surface area contributed by atoms with E-state index in [0.29, 0.717) is 0 Å². The quantitative estimate of drug-likeness (QED) is 0.398. The molecule has 2 N–H and O–H groups in total. The van der Waals surface area contributed by atoms with Gasteiger partial charge in [-0.15, -0.1) is 0 Å². The van der Waals surface area contributed by atoms with Crippen LogP contribution in [0, 0.1) is 41.7 Å². The summed E-state index contributed by atoms with van der Waals surface area (Å²) in [6.07, 6.45) is 0. The monoisotopic (exact) mass is 208 g/mol. The van der Waals surface area contributed by atoms with Crippen molar-refractivity contribution in [1.82, 2.24) is 0 Å². The van der Waals surface area contributed by atoms with Gasteiger partial charge in [0, 0.05) is 41.7 Å². The van der Waals surface area contributed by atoms with E-state index in [0.717, 1.165) is 0 Å². The summed E-state index contributed by atoms with van der Waals surface area (Å²) >= 11 is 0. The van der Waals surface area contributed by atoms with Crippen LogP contribution in [0.4, 0.5) is 0 Å². The van der Waals surface area contributed by atoms with Gasteiger partial charge in [0.05, 0.1) is 0 Å². The first kappa shape index (κ1) is 27.5. The van der Waals surface area contributed by atoms with Crippen molar-refractivity contribution < 1.29 is 47.2 Å². The summed E-state index contributed by atoms with van der Waals surface area (Å²) in [7, 11) is 0. The number of hydrogen-bond acceptors (Lipinski definition) is 0. The van der Waals surface area contributed by atoms with Gasteiger partial charge in [0.1, 0.15) is 0 Å². The van der Waals surface area contributed by atoms with Gasteiger partial charge in [0.2, 0.25) is 0 Å². The molecule has 18 valence electrons. The van der Waals surface area contributed by atoms with Gasteiger partial charge >= 0.3 is 52.6 Å². The Bertz CT molecular complexity index is 8.00. The summed E-state index contributed by atoms with van der Waals surface area (Å²) in [4.78, 5) is 0. The summed E-state index contributed by atoms with van der Waals surface area (Å²) in [6, 6.07) is 0. The summed E-state index contributed by atoms with van der Waals surface area (Å²) in [6.45, 7) is 0. The van der Waals surface area contributed by atoms with Crippen LogP contribution in [0.25, 0.3) is 0 Å². The van der Waals surface area contributed by atoms with E-state index in [1.165, 1.54) is 0 Å². The van der Waals surface area contributed by atoms with E-state index in [2.05, 4.69) is 0 Å². The molecule has 0 aromatic rings. The Labute approximate surface area is 97.4 Å². The van der Waals surface area contributed by atoms with Gasteiger partial charge in [-0.3, -0.25) is 0 Å². The van der Waals surface area contributed by atoms with Crippen molar-refractivity contribution in [1.29, 1.82) is 0 Å². The van der Waals surface area contributed by atoms with Crippen LogP contribution in [-0.2, 0) is 0 Å². The molecule has 4 heavy (non-hydrogen) atoms. The summed E-state index contributed by atoms with van der Waals surface area (Å²) in [5.74, 6) is 0. The SMILES string of the molecule is O.[Ce].[MgH2].[NaH]. The number of rotatable bonds is 0. The minimum atomic E-state index is 0. The fraction of sp³-hybridized carbons (Fsp3) is 0. The molecule has 0 saturated heterocycles. The predicted octanol–water partition coefficient (Wildman–Crippen LogP) is -2.39. The van der Waals surface area contributed by atoms with Gasteiger partial charge < -0.3 is 5.48 Å². The Balaban J connectivity index is 0. The molecule has 0 radical (unpaired) electrons. The average molecular weight is 208 g/mol. The van der Waals surface area contributed by atoms with Crippen LogP contribution in [-0.4, -0.2) is 58.1 Å². The first-order valence-electron chi connectivity index (χ1n) is 0. The summed E-state index contributed by atoms with van der Waals surface area (Å²) in [5.41, 5.74) is 0. The molecule has 0 atom stereocenters. The van der Waals surface area contributed by atoms with E-state index >= 15 is 0 Å². The zero-order chi connectivity index (χ0) is 0. The third kappa shape index (κ3) is 8.92. The molecule has 0 aliphatic carbocycles. The van der Waals surface area contributed by atoms with Crippen molar-refractivity contribution >= 4 is 52.6 Å². The molecule has 0 amide bonds. The Kier molecular flexibility index (Phi) is 113. The fourth-order valence-corrected chi connectivity index (χ4v) is 0. The predicted molar refractivity (Wildman–Crippen MR) is 19.3 cm³/mol. The Morgan fingerprint density at radius 2 is 1.00 bits per heavy atom. The van der Waals surface area contributed by atoms with E-state index < -0.39 is 0 Å². The van der Waals surface area contributed by atoms with Gasteiger partial charge in [0.15, 0.2) is 0 Å². The van der Waals surface area contributed by atoms with Crippen LogP contribution in [0.3, 0.4) is 0 Å². The molecule has 0 unspecified atom stereocenters. The van der Waals surface area contributed by atoms with Gasteiger partial charge in [-0.25, -0.2) is 0 Å². The molecular weight excluding hydrogens is 203 g/mol. The van der Waals surface area contributed by atoms with E-state index in [-0.39, 0.29) is 99.8 Å². The van der Waals surface area contributed by atoms with Crippen molar-refractivity contribution in [3.63, 3.8) is 0 Å². The molecule has 0 heterocycles. The molecule has 0 aromatic heterocycles. The second kappa shape index (κ2) is 16.5. The van der Waals surface area contributed by atoms with Crippen molar-refractivity contribution in [2.45, 2.75) is 0 Å². The molecule has 0 aliphatic heterocycles. The molecule has 0 bridgehead atoms. The zero-order valence-corrected chi connectivity index (χ0v) is 4.14. The third-order valence-electron chi connectivity index (χ3n) is 0. The van der Waals surface area contributed by atoms with Crippen LogP contribution < -0.4 is 0 Å². The van der Waals surface area contributed by atoms with Crippen LogP contribution in [0.1, 0.15) is 0 Å². The maximum absolute atomic E-state index is 0. The van der Waals surface area contributed by atoms with Gasteiger partial charge in [-0.05, 0) is 0 Å². The molecule has 0 spiro atoms. The fourth-order valence-electron chi connectivity index (χ4n) is 0. The van der Waals surface area contributed by atoms with Crippen molar-refractivity contribution in [2.24, 2.45) is 0 Å². The minimum absolute atomic E-state index is 0. The number of hydrogen-bond donors (Lipinski definition) is 0. The molecule has 0 rings (SSSR count). The standard InChI is InChI=1S/Ce.Mg.Na.H2O.3H/h;;;1H2;;;. The van der Waals surface area contributed by atoms with Crippen LogP contribution >= 0.6 is 0 Å². The average Bonchev–Trinajstić information content (AvgIpc) is 0. The molecule has 0 aliphatic rings. The van der Waals surface area contributed by atoms with Crippen molar-refractivity contribution in [3.05, 3.63) is 0 Å². The Hall–Kier alpha value is 3.10. The molecule has 0 fully saturated rings. The molecule has 4 heteroatoms. The normalized spacial score (nSPS) is 0. The molecule has 1 nitrogen and oxygen atoms in total. The van der Waals surface area contributed by atoms with Crippen LogP contribution in [0.2, 0.25) is 0 Å². The Morgan fingerprint density at radius 3 is 1.00 bits per heavy atom. The third-order valence-corrected chi connectivity index (χ3v) is 0. The van der Waals surface area contributed by atoms with E-state index in [4.69, 9.17) is 0 Å². The van der Waals surface area contributed by atoms with Gasteiger partial charge in [-0.1, -0.05) is 0 Å². The molecule has 0 saturated carbocycles. The van der Waals surface area contributed by atoms with Crippen LogP contribution in [0.5, 0.6) is 0 Å². The molecule has 0 aromatic carbocycles. The second-order valence-corrected chi connectivity index (χ2v) is 0. The summed E-state index contributed by atoms with van der Waals surface area (Å²) < 4.78 is 0. The zero-order valence-electron chi connectivity index (χ0n) is 1.00. The maximum atomic E-state index is 0. The first-order chi connectivity index (χ1) is 0. The first-order valence-corrected chi connectivity index (χ1v) is 0.